The highest BCUT2D eigenvalue weighted by Crippen LogP contribution is 2.18. The van der Waals surface area contributed by atoms with E-state index in [0.29, 0.717) is 0 Å². The Bertz CT molecular complexity index is 157. The molecule has 0 atom stereocenters. The molecule has 1 heterocycles. The summed E-state index contributed by atoms with van der Waals surface area (Å²) in [7, 11) is 0. The first-order valence-corrected chi connectivity index (χ1v) is 6.32. The predicted molar refractivity (Wildman–Crippen MR) is 64.7 cm³/mol. The summed E-state index contributed by atoms with van der Waals surface area (Å²) in [5, 5.41) is 0. The van der Waals surface area contributed by atoms with E-state index >= 15 is 0 Å². The number of halogens is 1. The largest absolute Gasteiger partial charge is 0.351 e. The monoisotopic (exact) mass is 235 g/mol. The van der Waals surface area contributed by atoms with Crippen LogP contribution in [0.2, 0.25) is 0 Å². The summed E-state index contributed by atoms with van der Waals surface area (Å²) >= 11 is 0. The maximum Gasteiger partial charge on any atom is 0.351 e. The predicted octanol–water partition coefficient (Wildman–Crippen LogP) is 3.20. The van der Waals surface area contributed by atoms with E-state index in [1.54, 1.807) is 0 Å². The quantitative estimate of drug-likeness (QED) is 0.736. The topological polar surface area (TPSA) is 29.5 Å². The SMILES string of the molecule is CC.CC.CCN1CCC(C(=O)OF)CC1. The molecule has 0 saturated carbocycles. The Morgan fingerprint density at radius 3 is 2.00 bits per heavy atom. The average Bonchev–Trinajstić information content (AvgIpc) is 2.42. The summed E-state index contributed by atoms with van der Waals surface area (Å²) in [5.41, 5.74) is 0. The molecule has 0 N–H and O–H groups in total. The van der Waals surface area contributed by atoms with E-state index in [1.165, 1.54) is 0 Å². The van der Waals surface area contributed by atoms with Gasteiger partial charge in [0, 0.05) is 4.53 Å². The molecule has 4 heteroatoms. The van der Waals surface area contributed by atoms with E-state index in [4.69, 9.17) is 0 Å². The van der Waals surface area contributed by atoms with Crippen molar-refractivity contribution in [1.29, 1.82) is 0 Å². The lowest BCUT2D eigenvalue weighted by atomic mass is 9.97. The molecule has 0 unspecified atom stereocenters. The number of piperidine rings is 1. The third kappa shape index (κ3) is 6.77. The molecule has 0 radical (unpaired) electrons. The van der Waals surface area contributed by atoms with Crippen molar-refractivity contribution in [2.24, 2.45) is 5.92 Å². The maximum atomic E-state index is 11.5. The zero-order chi connectivity index (χ0) is 13.0. The third-order valence-corrected chi connectivity index (χ3v) is 2.44. The number of hydrogen-bond acceptors (Lipinski definition) is 3. The van der Waals surface area contributed by atoms with Crippen LogP contribution < -0.4 is 0 Å². The van der Waals surface area contributed by atoms with Crippen LogP contribution in [0.4, 0.5) is 4.53 Å². The van der Waals surface area contributed by atoms with Gasteiger partial charge in [0.2, 0.25) is 0 Å². The Kier molecular flexibility index (Phi) is 13.8. The Hall–Kier alpha value is -0.640. The van der Waals surface area contributed by atoms with Crippen LogP contribution in [0.25, 0.3) is 0 Å². The molecule has 98 valence electrons. The summed E-state index contributed by atoms with van der Waals surface area (Å²) < 4.78 is 11.5. The standard InChI is InChI=1S/C8H14FNO2.2C2H6/c1-2-10-5-3-7(4-6-10)8(11)12-9;2*1-2/h7H,2-6H2,1H3;2*1-2H3. The second kappa shape index (κ2) is 12.4. The number of rotatable bonds is 2. The minimum Gasteiger partial charge on any atom is -0.304 e. The first-order valence-electron chi connectivity index (χ1n) is 6.32. The van der Waals surface area contributed by atoms with Gasteiger partial charge in [0.1, 0.15) is 0 Å². The highest BCUT2D eigenvalue weighted by molar-refractivity contribution is 5.71. The minimum absolute atomic E-state index is 0.224. The van der Waals surface area contributed by atoms with Gasteiger partial charge in [-0.3, -0.25) is 4.94 Å². The van der Waals surface area contributed by atoms with Crippen molar-refractivity contribution in [3.05, 3.63) is 0 Å². The van der Waals surface area contributed by atoms with Gasteiger partial charge >= 0.3 is 5.97 Å². The Morgan fingerprint density at radius 1 is 1.25 bits per heavy atom. The van der Waals surface area contributed by atoms with Gasteiger partial charge in [-0.05, 0) is 32.5 Å². The van der Waals surface area contributed by atoms with Crippen molar-refractivity contribution in [3.8, 4) is 0 Å². The van der Waals surface area contributed by atoms with E-state index in [1.807, 2.05) is 27.7 Å². The molecule has 0 amide bonds. The molecule has 3 nitrogen and oxygen atoms in total. The molecule has 0 aromatic carbocycles. The van der Waals surface area contributed by atoms with Crippen LogP contribution in [0.15, 0.2) is 0 Å². The molecular weight excluding hydrogens is 209 g/mol. The lowest BCUT2D eigenvalue weighted by molar-refractivity contribution is -0.190. The molecule has 1 fully saturated rings. The van der Waals surface area contributed by atoms with Crippen molar-refractivity contribution in [3.63, 3.8) is 0 Å². The zero-order valence-electron chi connectivity index (χ0n) is 11.3. The Balaban J connectivity index is 0. The smallest absolute Gasteiger partial charge is 0.304 e. The van der Waals surface area contributed by atoms with Crippen LogP contribution in [-0.2, 0) is 9.74 Å². The normalized spacial score (nSPS) is 16.4. The van der Waals surface area contributed by atoms with Crippen LogP contribution in [0.1, 0.15) is 47.5 Å². The van der Waals surface area contributed by atoms with E-state index in [2.05, 4.69) is 16.8 Å². The fraction of sp³-hybridized carbons (Fsp3) is 0.917. The zero-order valence-corrected chi connectivity index (χ0v) is 11.3. The lowest BCUT2D eigenvalue weighted by Gasteiger charge is -2.28. The number of carbonyl (C=O) groups is 1. The highest BCUT2D eigenvalue weighted by atomic mass is 19.3. The Labute approximate surface area is 98.9 Å². The maximum absolute atomic E-state index is 11.5. The van der Waals surface area contributed by atoms with Gasteiger partial charge < -0.3 is 4.90 Å². The van der Waals surface area contributed by atoms with Gasteiger partial charge in [-0.1, -0.05) is 34.6 Å². The average molecular weight is 235 g/mol. The Morgan fingerprint density at radius 2 is 1.69 bits per heavy atom. The number of hydrogen-bond donors (Lipinski definition) is 0. The second-order valence-electron chi connectivity index (χ2n) is 3.10. The fourth-order valence-electron chi connectivity index (χ4n) is 1.55. The second-order valence-corrected chi connectivity index (χ2v) is 3.10. The van der Waals surface area contributed by atoms with Crippen molar-refractivity contribution in [1.82, 2.24) is 4.90 Å². The van der Waals surface area contributed by atoms with E-state index in [-0.39, 0.29) is 5.92 Å². The molecule has 0 aromatic rings. The van der Waals surface area contributed by atoms with E-state index in [9.17, 15) is 9.32 Å². The molecule has 1 saturated heterocycles. The van der Waals surface area contributed by atoms with Crippen molar-refractivity contribution in [2.75, 3.05) is 19.6 Å². The number of carbonyl (C=O) groups excluding carboxylic acids is 1. The van der Waals surface area contributed by atoms with Gasteiger partial charge in [-0.15, -0.1) is 0 Å². The molecule has 0 aliphatic carbocycles. The number of nitrogens with zero attached hydrogens (tertiary/aromatic N) is 1. The van der Waals surface area contributed by atoms with Crippen molar-refractivity contribution in [2.45, 2.75) is 47.5 Å². The summed E-state index contributed by atoms with van der Waals surface area (Å²) in [5.74, 6) is -0.927. The van der Waals surface area contributed by atoms with E-state index in [0.717, 1.165) is 32.5 Å². The first-order chi connectivity index (χ1) is 7.77. The van der Waals surface area contributed by atoms with Crippen molar-refractivity contribution >= 4 is 5.97 Å². The summed E-state index contributed by atoms with van der Waals surface area (Å²) in [6.07, 6.45) is 1.44. The first kappa shape index (κ1) is 17.7. The summed E-state index contributed by atoms with van der Waals surface area (Å²) in [6.45, 7) is 12.8. The van der Waals surface area contributed by atoms with Crippen LogP contribution in [0, 0.1) is 5.92 Å². The van der Waals surface area contributed by atoms with Crippen LogP contribution in [0.3, 0.4) is 0 Å². The molecular formula is C12H26FNO2. The molecule has 1 rings (SSSR count). The van der Waals surface area contributed by atoms with Crippen LogP contribution in [-0.4, -0.2) is 30.5 Å². The lowest BCUT2D eigenvalue weighted by Crippen LogP contribution is -2.36. The summed E-state index contributed by atoms with van der Waals surface area (Å²) in [6, 6.07) is 0. The van der Waals surface area contributed by atoms with Gasteiger partial charge in [-0.2, -0.15) is 0 Å². The van der Waals surface area contributed by atoms with Gasteiger partial charge in [-0.25, -0.2) is 4.79 Å². The molecule has 0 spiro atoms. The molecule has 16 heavy (non-hydrogen) atoms. The highest BCUT2D eigenvalue weighted by Gasteiger charge is 2.25. The van der Waals surface area contributed by atoms with E-state index < -0.39 is 5.97 Å². The van der Waals surface area contributed by atoms with Gasteiger partial charge in [0.25, 0.3) is 0 Å². The van der Waals surface area contributed by atoms with Gasteiger partial charge in [0.15, 0.2) is 0 Å². The molecule has 0 aromatic heterocycles. The molecule has 0 bridgehead atoms. The fourth-order valence-corrected chi connectivity index (χ4v) is 1.55. The van der Waals surface area contributed by atoms with Crippen molar-refractivity contribution < 1.29 is 14.3 Å². The summed E-state index contributed by atoms with van der Waals surface area (Å²) in [4.78, 5) is 16.2. The third-order valence-electron chi connectivity index (χ3n) is 2.44. The van der Waals surface area contributed by atoms with Crippen LogP contribution >= 0.6 is 0 Å². The van der Waals surface area contributed by atoms with Crippen LogP contribution in [0.5, 0.6) is 0 Å². The molecule has 1 aliphatic rings. The molecule has 1 aliphatic heterocycles. The van der Waals surface area contributed by atoms with Gasteiger partial charge in [0.05, 0.1) is 5.92 Å². The number of likely N-dealkylation sites (tertiary alicyclic amines) is 1. The minimum atomic E-state index is -0.703.